The van der Waals surface area contributed by atoms with Gasteiger partial charge in [-0.1, -0.05) is 16.9 Å². The number of hydrogen-bond donors (Lipinski definition) is 2. The van der Waals surface area contributed by atoms with E-state index in [9.17, 15) is 9.59 Å². The zero-order valence-corrected chi connectivity index (χ0v) is 16.6. The Hall–Kier alpha value is -3.33. The molecule has 0 saturated heterocycles. The first kappa shape index (κ1) is 19.0. The topological polar surface area (TPSA) is 106 Å². The van der Waals surface area contributed by atoms with E-state index in [1.807, 2.05) is 13.0 Å². The molecule has 0 aliphatic carbocycles. The van der Waals surface area contributed by atoms with Crippen molar-refractivity contribution < 1.29 is 18.8 Å². The van der Waals surface area contributed by atoms with Crippen LogP contribution in [0.2, 0.25) is 0 Å². The number of fused-ring (bicyclic) bond motifs is 1. The van der Waals surface area contributed by atoms with Crippen LogP contribution in [0.1, 0.15) is 28.7 Å². The van der Waals surface area contributed by atoms with E-state index in [-0.39, 0.29) is 11.8 Å². The average Bonchev–Trinajstić information content (AvgIpc) is 3.13. The van der Waals surface area contributed by atoms with E-state index in [1.165, 1.54) is 11.8 Å². The van der Waals surface area contributed by atoms with Gasteiger partial charge in [0.2, 0.25) is 0 Å². The van der Waals surface area contributed by atoms with Crippen LogP contribution in [0.15, 0.2) is 52.1 Å². The number of aromatic nitrogens is 2. The van der Waals surface area contributed by atoms with Crippen LogP contribution in [0.3, 0.4) is 0 Å². The molecule has 1 aliphatic rings. The van der Waals surface area contributed by atoms with Gasteiger partial charge in [-0.15, -0.1) is 0 Å². The minimum Gasteiger partial charge on any atom is -0.479 e. The van der Waals surface area contributed by atoms with E-state index >= 15 is 0 Å². The Bertz CT molecular complexity index is 1080. The van der Waals surface area contributed by atoms with Gasteiger partial charge in [-0.05, 0) is 44.2 Å². The van der Waals surface area contributed by atoms with Crippen LogP contribution >= 0.6 is 11.8 Å². The number of nitrogens with zero attached hydrogens (tertiary/aromatic N) is 2. The monoisotopic (exact) mass is 410 g/mol. The number of carbonyl (C=O) groups is 2. The van der Waals surface area contributed by atoms with E-state index in [1.54, 1.807) is 43.5 Å². The van der Waals surface area contributed by atoms with Crippen molar-refractivity contribution in [2.75, 3.05) is 10.6 Å². The fraction of sp³-hybridized carbons (Fsp3) is 0.200. The summed E-state index contributed by atoms with van der Waals surface area (Å²) >= 11 is 1.40. The molecule has 0 unspecified atom stereocenters. The van der Waals surface area contributed by atoms with E-state index < -0.39 is 6.10 Å². The molecule has 1 aliphatic heterocycles. The minimum atomic E-state index is -0.550. The molecule has 29 heavy (non-hydrogen) atoms. The summed E-state index contributed by atoms with van der Waals surface area (Å²) in [6.07, 6.45) is 1.09. The third kappa shape index (κ3) is 4.24. The van der Waals surface area contributed by atoms with Gasteiger partial charge in [-0.3, -0.25) is 9.59 Å². The lowest BCUT2D eigenvalue weighted by atomic mass is 10.2. The SMILES string of the molecule is Cc1cc(CSc2ncccc2C(=O)Nc2ccc3c(c2)NC(=O)[C@@H](C)O3)no1. The summed E-state index contributed by atoms with van der Waals surface area (Å²) < 4.78 is 10.6. The summed E-state index contributed by atoms with van der Waals surface area (Å²) in [5.74, 6) is 1.31. The molecule has 0 spiro atoms. The van der Waals surface area contributed by atoms with Crippen LogP contribution < -0.4 is 15.4 Å². The lowest BCUT2D eigenvalue weighted by molar-refractivity contribution is -0.122. The zero-order valence-electron chi connectivity index (χ0n) is 15.8. The summed E-state index contributed by atoms with van der Waals surface area (Å²) in [4.78, 5) is 28.9. The number of thioether (sulfide) groups is 1. The number of benzene rings is 1. The molecule has 2 amide bonds. The van der Waals surface area contributed by atoms with Crippen LogP contribution in [0.4, 0.5) is 11.4 Å². The Morgan fingerprint density at radius 2 is 2.17 bits per heavy atom. The quantitative estimate of drug-likeness (QED) is 0.619. The Balaban J connectivity index is 1.49. The molecule has 9 heteroatoms. The Labute approximate surface area is 171 Å². The van der Waals surface area contributed by atoms with Crippen molar-refractivity contribution >= 4 is 35.0 Å². The highest BCUT2D eigenvalue weighted by molar-refractivity contribution is 7.98. The normalized spacial score (nSPS) is 15.2. The van der Waals surface area contributed by atoms with E-state index in [0.29, 0.717) is 33.5 Å². The highest BCUT2D eigenvalue weighted by Crippen LogP contribution is 2.32. The summed E-state index contributed by atoms with van der Waals surface area (Å²) in [5, 5.41) is 10.2. The molecule has 1 aromatic carbocycles. The number of anilines is 2. The number of pyridine rings is 1. The smallest absolute Gasteiger partial charge is 0.265 e. The Kier molecular flexibility index (Phi) is 5.22. The minimum absolute atomic E-state index is 0.227. The number of amides is 2. The van der Waals surface area contributed by atoms with Crippen molar-refractivity contribution in [3.05, 3.63) is 59.6 Å². The van der Waals surface area contributed by atoms with Crippen LogP contribution in [0, 0.1) is 6.92 Å². The first-order chi connectivity index (χ1) is 14.0. The van der Waals surface area contributed by atoms with Crippen molar-refractivity contribution in [3.8, 4) is 5.75 Å². The Morgan fingerprint density at radius 1 is 1.31 bits per heavy atom. The molecule has 8 nitrogen and oxygen atoms in total. The van der Waals surface area contributed by atoms with Crippen molar-refractivity contribution in [3.63, 3.8) is 0 Å². The van der Waals surface area contributed by atoms with Crippen molar-refractivity contribution in [1.82, 2.24) is 10.1 Å². The average molecular weight is 410 g/mol. The molecule has 3 aromatic rings. The molecule has 0 bridgehead atoms. The summed E-state index contributed by atoms with van der Waals surface area (Å²) in [5.41, 5.74) is 2.29. The van der Waals surface area contributed by atoms with E-state index in [4.69, 9.17) is 9.26 Å². The molecule has 2 N–H and O–H groups in total. The van der Waals surface area contributed by atoms with Gasteiger partial charge < -0.3 is 19.9 Å². The first-order valence-electron chi connectivity index (χ1n) is 8.92. The second-order valence-electron chi connectivity index (χ2n) is 6.49. The van der Waals surface area contributed by atoms with Crippen LogP contribution in [0.5, 0.6) is 5.75 Å². The summed E-state index contributed by atoms with van der Waals surface area (Å²) in [6, 6.07) is 10.4. The maximum Gasteiger partial charge on any atom is 0.265 e. The van der Waals surface area contributed by atoms with Crippen LogP contribution in [-0.2, 0) is 10.5 Å². The van der Waals surface area contributed by atoms with E-state index in [2.05, 4.69) is 20.8 Å². The molecule has 2 aromatic heterocycles. The lowest BCUT2D eigenvalue weighted by Crippen LogP contribution is -2.34. The first-order valence-corrected chi connectivity index (χ1v) is 9.91. The molecular formula is C20H18N4O4S. The zero-order chi connectivity index (χ0) is 20.4. The standard InChI is InChI=1S/C20H18N4O4S/c1-11-8-14(24-28-11)10-29-20-15(4-3-7-21-20)19(26)22-13-5-6-17-16(9-13)23-18(25)12(2)27-17/h3-9,12H,10H2,1-2H3,(H,22,26)(H,23,25)/t12-/m1/s1. The van der Waals surface area contributed by atoms with E-state index in [0.717, 1.165) is 11.5 Å². The third-order valence-corrected chi connectivity index (χ3v) is 5.26. The van der Waals surface area contributed by atoms with Crippen molar-refractivity contribution in [2.45, 2.75) is 30.7 Å². The van der Waals surface area contributed by atoms with Crippen molar-refractivity contribution in [1.29, 1.82) is 0 Å². The molecule has 1 atom stereocenters. The number of nitrogens with one attached hydrogen (secondary N) is 2. The van der Waals surface area contributed by atoms with Gasteiger partial charge in [-0.25, -0.2) is 4.98 Å². The maximum absolute atomic E-state index is 12.8. The molecule has 0 fully saturated rings. The maximum atomic E-state index is 12.8. The van der Waals surface area contributed by atoms with Crippen LogP contribution in [0.25, 0.3) is 0 Å². The lowest BCUT2D eigenvalue weighted by Gasteiger charge is -2.23. The molecule has 0 radical (unpaired) electrons. The molecule has 3 heterocycles. The van der Waals surface area contributed by atoms with Gasteiger partial charge in [0.1, 0.15) is 16.5 Å². The number of aryl methyl sites for hydroxylation is 1. The van der Waals surface area contributed by atoms with Gasteiger partial charge in [0.05, 0.1) is 16.9 Å². The second kappa shape index (κ2) is 7.96. The fourth-order valence-electron chi connectivity index (χ4n) is 2.79. The number of ether oxygens (including phenoxy) is 1. The van der Waals surface area contributed by atoms with Gasteiger partial charge in [0.15, 0.2) is 6.10 Å². The third-order valence-electron chi connectivity index (χ3n) is 4.22. The second-order valence-corrected chi connectivity index (χ2v) is 7.45. The summed E-state index contributed by atoms with van der Waals surface area (Å²) in [7, 11) is 0. The van der Waals surface area contributed by atoms with Crippen LogP contribution in [-0.4, -0.2) is 28.1 Å². The molecule has 0 saturated carbocycles. The largest absolute Gasteiger partial charge is 0.479 e. The molecule has 148 valence electrons. The van der Waals surface area contributed by atoms with Gasteiger partial charge in [-0.2, -0.15) is 0 Å². The highest BCUT2D eigenvalue weighted by atomic mass is 32.2. The predicted molar refractivity (Wildman–Crippen MR) is 108 cm³/mol. The Morgan fingerprint density at radius 3 is 2.97 bits per heavy atom. The molecule has 4 rings (SSSR count). The summed E-state index contributed by atoms with van der Waals surface area (Å²) in [6.45, 7) is 3.50. The fourth-order valence-corrected chi connectivity index (χ4v) is 3.66. The van der Waals surface area contributed by atoms with Gasteiger partial charge in [0.25, 0.3) is 11.8 Å². The number of rotatable bonds is 5. The molecular weight excluding hydrogens is 392 g/mol. The number of carbonyl (C=O) groups excluding carboxylic acids is 2. The van der Waals surface area contributed by atoms with Gasteiger partial charge in [0, 0.05) is 23.7 Å². The van der Waals surface area contributed by atoms with Crippen molar-refractivity contribution in [2.24, 2.45) is 0 Å². The predicted octanol–water partition coefficient (Wildman–Crippen LogP) is 3.64. The highest BCUT2D eigenvalue weighted by Gasteiger charge is 2.24. The van der Waals surface area contributed by atoms with Gasteiger partial charge >= 0.3 is 0 Å². The number of hydrogen-bond acceptors (Lipinski definition) is 7.